The van der Waals surface area contributed by atoms with E-state index < -0.39 is 18.0 Å². The van der Waals surface area contributed by atoms with E-state index in [9.17, 15) is 14.4 Å². The van der Waals surface area contributed by atoms with Crippen LogP contribution in [-0.4, -0.2) is 30.4 Å². The predicted octanol–water partition coefficient (Wildman–Crippen LogP) is 3.74. The number of ether oxygens (including phenoxy) is 1. The molecule has 0 fully saturated rings. The minimum atomic E-state index is -0.928. The van der Waals surface area contributed by atoms with E-state index in [0.29, 0.717) is 10.6 Å². The van der Waals surface area contributed by atoms with Gasteiger partial charge in [0.05, 0.1) is 11.3 Å². The largest absolute Gasteiger partial charge is 0.452 e. The third kappa shape index (κ3) is 6.49. The van der Waals surface area contributed by atoms with Crippen molar-refractivity contribution < 1.29 is 19.1 Å². The molecule has 1 aromatic carbocycles. The number of thiophene rings is 1. The molecule has 7 heteroatoms. The molecule has 1 aromatic heterocycles. The second kappa shape index (κ2) is 9.50. The molecule has 6 nitrogen and oxygen atoms in total. The van der Waals surface area contributed by atoms with Crippen molar-refractivity contribution in [2.24, 2.45) is 0 Å². The summed E-state index contributed by atoms with van der Waals surface area (Å²) in [6.45, 7) is 8.01. The van der Waals surface area contributed by atoms with E-state index >= 15 is 0 Å². The second-order valence-electron chi connectivity index (χ2n) is 7.43. The number of hydrogen-bond donors (Lipinski definition) is 2. The Bertz CT molecular complexity index is 808. The van der Waals surface area contributed by atoms with Crippen molar-refractivity contribution in [2.75, 3.05) is 11.9 Å². The zero-order valence-electron chi connectivity index (χ0n) is 16.6. The fourth-order valence-corrected chi connectivity index (χ4v) is 3.02. The molecule has 0 aliphatic carbocycles. The van der Waals surface area contributed by atoms with Crippen molar-refractivity contribution in [1.82, 2.24) is 5.32 Å². The van der Waals surface area contributed by atoms with Crippen molar-refractivity contribution in [2.45, 2.75) is 45.6 Å². The standard InChI is InChI=1S/C21H26N2O4S/c1-14(19(25)23-16-9-7-15(8-10-16)21(2,3)4)27-18(24)11-12-22-20(26)17-6-5-13-28-17/h5-10,13-14H,11-12H2,1-4H3,(H,22,26)(H,23,25). The molecule has 28 heavy (non-hydrogen) atoms. The van der Waals surface area contributed by atoms with Crippen molar-refractivity contribution >= 4 is 34.8 Å². The third-order valence-corrected chi connectivity index (χ3v) is 4.92. The summed E-state index contributed by atoms with van der Waals surface area (Å²) < 4.78 is 5.14. The Hall–Kier alpha value is -2.67. The number of anilines is 1. The highest BCUT2D eigenvalue weighted by Gasteiger charge is 2.19. The van der Waals surface area contributed by atoms with Crippen LogP contribution in [-0.2, 0) is 19.7 Å². The van der Waals surface area contributed by atoms with Crippen LogP contribution in [0.3, 0.4) is 0 Å². The number of amides is 2. The number of carbonyl (C=O) groups excluding carboxylic acids is 3. The molecule has 1 heterocycles. The van der Waals surface area contributed by atoms with Crippen molar-refractivity contribution in [3.8, 4) is 0 Å². The van der Waals surface area contributed by atoms with Crippen molar-refractivity contribution in [1.29, 1.82) is 0 Å². The van der Waals surface area contributed by atoms with Crippen molar-refractivity contribution in [3.05, 3.63) is 52.2 Å². The summed E-state index contributed by atoms with van der Waals surface area (Å²) >= 11 is 1.33. The van der Waals surface area contributed by atoms with Gasteiger partial charge in [0.1, 0.15) is 0 Å². The summed E-state index contributed by atoms with van der Waals surface area (Å²) in [6.07, 6.45) is -0.933. The minimum absolute atomic E-state index is 0.00495. The topological polar surface area (TPSA) is 84.5 Å². The molecule has 1 atom stereocenters. The van der Waals surface area contributed by atoms with Gasteiger partial charge in [-0.1, -0.05) is 39.0 Å². The van der Waals surface area contributed by atoms with E-state index in [0.717, 1.165) is 5.56 Å². The highest BCUT2D eigenvalue weighted by atomic mass is 32.1. The molecule has 0 saturated carbocycles. The number of nitrogens with one attached hydrogen (secondary N) is 2. The first-order valence-electron chi connectivity index (χ1n) is 9.09. The Labute approximate surface area is 169 Å². The van der Waals surface area contributed by atoms with Crippen LogP contribution in [0.4, 0.5) is 5.69 Å². The van der Waals surface area contributed by atoms with Crippen LogP contribution in [0.1, 0.15) is 49.4 Å². The predicted molar refractivity (Wildman–Crippen MR) is 111 cm³/mol. The molecular weight excluding hydrogens is 376 g/mol. The lowest BCUT2D eigenvalue weighted by Gasteiger charge is -2.19. The molecule has 0 radical (unpaired) electrons. The lowest BCUT2D eigenvalue weighted by molar-refractivity contribution is -0.153. The van der Waals surface area contributed by atoms with Gasteiger partial charge in [0.25, 0.3) is 11.8 Å². The van der Waals surface area contributed by atoms with Crippen LogP contribution >= 0.6 is 11.3 Å². The normalized spacial score (nSPS) is 12.1. The molecule has 0 saturated heterocycles. The number of carbonyl (C=O) groups is 3. The van der Waals surface area contributed by atoms with Gasteiger partial charge in [-0.3, -0.25) is 14.4 Å². The van der Waals surface area contributed by atoms with E-state index in [4.69, 9.17) is 4.74 Å². The van der Waals surface area contributed by atoms with E-state index in [1.165, 1.54) is 18.3 Å². The molecule has 2 N–H and O–H groups in total. The number of benzene rings is 1. The van der Waals surface area contributed by atoms with Crippen molar-refractivity contribution in [3.63, 3.8) is 0 Å². The summed E-state index contributed by atoms with van der Waals surface area (Å²) in [4.78, 5) is 36.5. The molecule has 0 spiro atoms. The average molecular weight is 403 g/mol. The monoisotopic (exact) mass is 402 g/mol. The number of hydrogen-bond acceptors (Lipinski definition) is 5. The quantitative estimate of drug-likeness (QED) is 0.691. The van der Waals surface area contributed by atoms with Gasteiger partial charge in [0.2, 0.25) is 0 Å². The maximum Gasteiger partial charge on any atom is 0.308 e. The van der Waals surface area contributed by atoms with Crippen LogP contribution in [0.15, 0.2) is 41.8 Å². The molecule has 2 aromatic rings. The summed E-state index contributed by atoms with van der Waals surface area (Å²) in [5, 5.41) is 7.19. The number of esters is 1. The zero-order valence-corrected chi connectivity index (χ0v) is 17.4. The SMILES string of the molecule is CC(OC(=O)CCNC(=O)c1cccs1)C(=O)Nc1ccc(C(C)(C)C)cc1. The Morgan fingerprint density at radius 3 is 2.36 bits per heavy atom. The number of rotatable bonds is 7. The minimum Gasteiger partial charge on any atom is -0.452 e. The fourth-order valence-electron chi connectivity index (χ4n) is 2.38. The van der Waals surface area contributed by atoms with E-state index in [2.05, 4.69) is 31.4 Å². The Balaban J connectivity index is 1.75. The van der Waals surface area contributed by atoms with Gasteiger partial charge in [-0.15, -0.1) is 11.3 Å². The molecule has 0 aliphatic rings. The summed E-state index contributed by atoms with van der Waals surface area (Å²) in [7, 11) is 0. The molecule has 2 amide bonds. The summed E-state index contributed by atoms with van der Waals surface area (Å²) in [5.74, 6) is -1.18. The van der Waals surface area contributed by atoms with Crippen LogP contribution in [0.2, 0.25) is 0 Å². The molecular formula is C21H26N2O4S. The summed E-state index contributed by atoms with van der Waals surface area (Å²) in [5.41, 5.74) is 1.84. The smallest absolute Gasteiger partial charge is 0.308 e. The highest BCUT2D eigenvalue weighted by Crippen LogP contribution is 2.23. The first-order valence-corrected chi connectivity index (χ1v) is 9.97. The van der Waals surface area contributed by atoms with Crippen LogP contribution in [0.25, 0.3) is 0 Å². The van der Waals surface area contributed by atoms with Gasteiger partial charge in [-0.25, -0.2) is 0 Å². The van der Waals surface area contributed by atoms with Gasteiger partial charge in [0.15, 0.2) is 6.10 Å². The molecule has 0 aliphatic heterocycles. The molecule has 0 bridgehead atoms. The van der Waals surface area contributed by atoms with Gasteiger partial charge in [0, 0.05) is 12.2 Å². The van der Waals surface area contributed by atoms with Crippen LogP contribution in [0.5, 0.6) is 0 Å². The van der Waals surface area contributed by atoms with Gasteiger partial charge in [-0.05, 0) is 41.5 Å². The maximum absolute atomic E-state index is 12.2. The van der Waals surface area contributed by atoms with Gasteiger partial charge < -0.3 is 15.4 Å². The second-order valence-corrected chi connectivity index (χ2v) is 8.38. The lowest BCUT2D eigenvalue weighted by Crippen LogP contribution is -2.32. The fraction of sp³-hybridized carbons (Fsp3) is 0.381. The lowest BCUT2D eigenvalue weighted by atomic mass is 9.87. The van der Waals surface area contributed by atoms with Crippen LogP contribution < -0.4 is 10.6 Å². The van der Waals surface area contributed by atoms with E-state index in [1.807, 2.05) is 24.3 Å². The Morgan fingerprint density at radius 1 is 1.11 bits per heavy atom. The average Bonchev–Trinajstić information content (AvgIpc) is 3.16. The Morgan fingerprint density at radius 2 is 1.79 bits per heavy atom. The van der Waals surface area contributed by atoms with Gasteiger partial charge >= 0.3 is 5.97 Å². The van der Waals surface area contributed by atoms with E-state index in [1.54, 1.807) is 17.5 Å². The third-order valence-electron chi connectivity index (χ3n) is 4.06. The summed E-state index contributed by atoms with van der Waals surface area (Å²) in [6, 6.07) is 11.1. The molecule has 1 unspecified atom stereocenters. The molecule has 2 rings (SSSR count). The first-order chi connectivity index (χ1) is 13.2. The zero-order chi connectivity index (χ0) is 20.7. The van der Waals surface area contributed by atoms with Gasteiger partial charge in [-0.2, -0.15) is 0 Å². The van der Waals surface area contributed by atoms with E-state index in [-0.39, 0.29) is 24.3 Å². The highest BCUT2D eigenvalue weighted by molar-refractivity contribution is 7.12. The maximum atomic E-state index is 12.2. The Kier molecular flexibility index (Phi) is 7.34. The first kappa shape index (κ1) is 21.6. The van der Waals surface area contributed by atoms with Crippen LogP contribution in [0, 0.1) is 0 Å². The molecule has 150 valence electrons.